The number of rotatable bonds is 3. The molecule has 1 saturated heterocycles. The van der Waals surface area contributed by atoms with Crippen molar-refractivity contribution in [1.82, 2.24) is 14.1 Å². The zero-order valence-corrected chi connectivity index (χ0v) is 16.1. The van der Waals surface area contributed by atoms with Gasteiger partial charge in [-0.25, -0.2) is 9.78 Å². The molecule has 1 N–H and O–H groups in total. The highest BCUT2D eigenvalue weighted by Gasteiger charge is 2.30. The van der Waals surface area contributed by atoms with Crippen LogP contribution >= 0.6 is 0 Å². The molecule has 0 aliphatic carbocycles. The SMILES string of the molecule is Cc1cccnc1NC(=O)C1CCCN(c2c(C#N)c(=O)n(C)c(=O)n2C)C1. The predicted octanol–water partition coefficient (Wildman–Crippen LogP) is 0.514. The molecule has 3 rings (SSSR count). The van der Waals surface area contributed by atoms with E-state index in [4.69, 9.17) is 0 Å². The zero-order valence-electron chi connectivity index (χ0n) is 16.1. The molecule has 146 valence electrons. The Bertz CT molecular complexity index is 1080. The molecule has 1 aliphatic rings. The molecule has 1 amide bonds. The predicted molar refractivity (Wildman–Crippen MR) is 104 cm³/mol. The Kier molecular flexibility index (Phi) is 5.31. The molecule has 1 fully saturated rings. The van der Waals surface area contributed by atoms with Gasteiger partial charge in [-0.2, -0.15) is 5.26 Å². The largest absolute Gasteiger partial charge is 0.356 e. The van der Waals surface area contributed by atoms with Gasteiger partial charge in [-0.1, -0.05) is 6.07 Å². The van der Waals surface area contributed by atoms with Crippen molar-refractivity contribution in [3.63, 3.8) is 0 Å². The third-order valence-corrected chi connectivity index (χ3v) is 5.09. The van der Waals surface area contributed by atoms with Crippen LogP contribution in [0.5, 0.6) is 0 Å². The van der Waals surface area contributed by atoms with Crippen molar-refractivity contribution in [2.24, 2.45) is 20.0 Å². The minimum absolute atomic E-state index is 0.0915. The maximum absolute atomic E-state index is 12.7. The number of nitrogens with zero attached hydrogens (tertiary/aromatic N) is 5. The summed E-state index contributed by atoms with van der Waals surface area (Å²) < 4.78 is 2.21. The van der Waals surface area contributed by atoms with Crippen LogP contribution in [0.3, 0.4) is 0 Å². The third kappa shape index (κ3) is 3.41. The number of nitrogens with one attached hydrogen (secondary N) is 1. The normalized spacial score (nSPS) is 16.5. The maximum Gasteiger partial charge on any atom is 0.332 e. The molecule has 2 aromatic rings. The van der Waals surface area contributed by atoms with Gasteiger partial charge in [0, 0.05) is 33.4 Å². The summed E-state index contributed by atoms with van der Waals surface area (Å²) in [5.74, 6) is 0.269. The number of aryl methyl sites for hydroxylation is 1. The fourth-order valence-electron chi connectivity index (χ4n) is 3.52. The van der Waals surface area contributed by atoms with E-state index in [0.29, 0.717) is 31.7 Å². The molecular weight excluding hydrogens is 360 g/mol. The van der Waals surface area contributed by atoms with E-state index < -0.39 is 11.2 Å². The number of pyridine rings is 1. The van der Waals surface area contributed by atoms with Gasteiger partial charge in [-0.05, 0) is 31.4 Å². The number of hydrogen-bond acceptors (Lipinski definition) is 6. The monoisotopic (exact) mass is 382 g/mol. The fourth-order valence-corrected chi connectivity index (χ4v) is 3.52. The Balaban J connectivity index is 1.90. The van der Waals surface area contributed by atoms with Crippen molar-refractivity contribution in [3.8, 4) is 6.07 Å². The smallest absolute Gasteiger partial charge is 0.332 e. The Morgan fingerprint density at radius 3 is 2.75 bits per heavy atom. The van der Waals surface area contributed by atoms with E-state index in [1.165, 1.54) is 18.7 Å². The minimum Gasteiger partial charge on any atom is -0.356 e. The van der Waals surface area contributed by atoms with E-state index in [0.717, 1.165) is 10.1 Å². The molecule has 28 heavy (non-hydrogen) atoms. The van der Waals surface area contributed by atoms with Crippen molar-refractivity contribution < 1.29 is 4.79 Å². The molecule has 2 aromatic heterocycles. The standard InChI is InChI=1S/C19H22N6O3/c1-12-6-4-8-21-15(12)22-16(26)13-7-5-9-25(11-13)17-14(10-20)18(27)24(3)19(28)23(17)2/h4,6,8,13H,5,7,9,11H2,1-3H3,(H,21,22,26). The summed E-state index contributed by atoms with van der Waals surface area (Å²) in [5.41, 5.74) is -0.360. The topological polar surface area (TPSA) is 113 Å². The summed E-state index contributed by atoms with van der Waals surface area (Å²) in [6.07, 6.45) is 2.99. The number of nitriles is 1. The number of aromatic nitrogens is 3. The van der Waals surface area contributed by atoms with Crippen molar-refractivity contribution in [3.05, 3.63) is 50.3 Å². The van der Waals surface area contributed by atoms with E-state index >= 15 is 0 Å². The highest BCUT2D eigenvalue weighted by Crippen LogP contribution is 2.25. The first kappa shape index (κ1) is 19.4. The summed E-state index contributed by atoms with van der Waals surface area (Å²) in [5, 5.41) is 12.3. The van der Waals surface area contributed by atoms with E-state index in [1.807, 2.05) is 19.1 Å². The van der Waals surface area contributed by atoms with Gasteiger partial charge in [0.2, 0.25) is 5.91 Å². The van der Waals surface area contributed by atoms with Gasteiger partial charge in [-0.15, -0.1) is 0 Å². The number of hydrogen-bond donors (Lipinski definition) is 1. The van der Waals surface area contributed by atoms with Crippen LogP contribution in [0.15, 0.2) is 27.9 Å². The van der Waals surface area contributed by atoms with Gasteiger partial charge in [0.1, 0.15) is 17.7 Å². The summed E-state index contributed by atoms with van der Waals surface area (Å²) in [6, 6.07) is 5.58. The summed E-state index contributed by atoms with van der Waals surface area (Å²) in [7, 11) is 2.87. The number of piperidine rings is 1. The van der Waals surface area contributed by atoms with Gasteiger partial charge in [0.05, 0.1) is 5.92 Å². The zero-order chi connectivity index (χ0) is 20.4. The van der Waals surface area contributed by atoms with Crippen LogP contribution in [-0.2, 0) is 18.9 Å². The lowest BCUT2D eigenvalue weighted by Crippen LogP contribution is -2.47. The number of anilines is 2. The van der Waals surface area contributed by atoms with E-state index in [9.17, 15) is 19.6 Å². The number of amides is 1. The average molecular weight is 382 g/mol. The molecule has 1 atom stereocenters. The third-order valence-electron chi connectivity index (χ3n) is 5.09. The van der Waals surface area contributed by atoms with Gasteiger partial charge < -0.3 is 10.2 Å². The second kappa shape index (κ2) is 7.68. The first-order chi connectivity index (χ1) is 13.3. The van der Waals surface area contributed by atoms with Crippen LogP contribution in [0.1, 0.15) is 24.0 Å². The number of carbonyl (C=O) groups is 1. The average Bonchev–Trinajstić information content (AvgIpc) is 2.70. The van der Waals surface area contributed by atoms with E-state index in [1.54, 1.807) is 17.2 Å². The van der Waals surface area contributed by atoms with Crippen molar-refractivity contribution in [2.45, 2.75) is 19.8 Å². The molecule has 0 spiro atoms. The molecular formula is C19H22N6O3. The quantitative estimate of drug-likeness (QED) is 0.828. The molecule has 1 aliphatic heterocycles. The molecule has 0 bridgehead atoms. The Morgan fingerprint density at radius 1 is 1.32 bits per heavy atom. The van der Waals surface area contributed by atoms with E-state index in [2.05, 4.69) is 10.3 Å². The van der Waals surface area contributed by atoms with Crippen LogP contribution in [0.4, 0.5) is 11.6 Å². The second-order valence-corrected chi connectivity index (χ2v) is 6.96. The molecule has 0 aromatic carbocycles. The maximum atomic E-state index is 12.7. The molecule has 1 unspecified atom stereocenters. The van der Waals surface area contributed by atoms with Crippen molar-refractivity contribution in [2.75, 3.05) is 23.3 Å². The lowest BCUT2D eigenvalue weighted by atomic mass is 9.96. The summed E-state index contributed by atoms with van der Waals surface area (Å²) in [6.45, 7) is 2.73. The van der Waals surface area contributed by atoms with Crippen molar-refractivity contribution >= 4 is 17.5 Å². The van der Waals surface area contributed by atoms with Crippen LogP contribution in [0.25, 0.3) is 0 Å². The Morgan fingerprint density at radius 2 is 2.07 bits per heavy atom. The van der Waals surface area contributed by atoms with Gasteiger partial charge in [0.15, 0.2) is 5.56 Å². The molecule has 9 nitrogen and oxygen atoms in total. The lowest BCUT2D eigenvalue weighted by molar-refractivity contribution is -0.120. The van der Waals surface area contributed by atoms with Gasteiger partial charge >= 0.3 is 5.69 Å². The Hall–Kier alpha value is -3.41. The van der Waals surface area contributed by atoms with E-state index in [-0.39, 0.29) is 23.2 Å². The minimum atomic E-state index is -0.628. The molecule has 0 radical (unpaired) electrons. The summed E-state index contributed by atoms with van der Waals surface area (Å²) >= 11 is 0. The van der Waals surface area contributed by atoms with Crippen molar-refractivity contribution in [1.29, 1.82) is 5.26 Å². The van der Waals surface area contributed by atoms with Crippen LogP contribution in [0.2, 0.25) is 0 Å². The highest BCUT2D eigenvalue weighted by molar-refractivity contribution is 5.92. The molecule has 9 heteroatoms. The van der Waals surface area contributed by atoms with Gasteiger partial charge in [0.25, 0.3) is 5.56 Å². The first-order valence-electron chi connectivity index (χ1n) is 9.02. The van der Waals surface area contributed by atoms with Gasteiger partial charge in [-0.3, -0.25) is 18.7 Å². The molecule has 3 heterocycles. The first-order valence-corrected chi connectivity index (χ1v) is 9.02. The fraction of sp³-hybridized carbons (Fsp3) is 0.421. The van der Waals surface area contributed by atoms with Crippen LogP contribution in [0, 0.1) is 24.2 Å². The highest BCUT2D eigenvalue weighted by atomic mass is 16.2. The second-order valence-electron chi connectivity index (χ2n) is 6.96. The van der Waals surface area contributed by atoms with Crippen LogP contribution in [-0.4, -0.2) is 33.1 Å². The molecule has 0 saturated carbocycles. The lowest BCUT2D eigenvalue weighted by Gasteiger charge is -2.34. The summed E-state index contributed by atoms with van der Waals surface area (Å²) in [4.78, 5) is 43.4. The Labute approximate surface area is 161 Å². The van der Waals surface area contributed by atoms with Crippen LogP contribution < -0.4 is 21.5 Å². The number of carbonyl (C=O) groups excluding carboxylic acids is 1.